The third kappa shape index (κ3) is 5.11. The minimum atomic E-state index is -0.968. The molecular weight excluding hydrogens is 384 g/mol. The SMILES string of the molecule is C[C@H](OC(=O)c1ccc(OC[C@@H]2CCCO2)cc1)C(=O)N(C)C1(C#N)CCCCC1. The lowest BCUT2D eigenvalue weighted by molar-refractivity contribution is -0.143. The minimum absolute atomic E-state index is 0.124. The minimum Gasteiger partial charge on any atom is -0.491 e. The second-order valence-corrected chi connectivity index (χ2v) is 8.12. The number of ether oxygens (including phenoxy) is 3. The van der Waals surface area contributed by atoms with Gasteiger partial charge in [0.25, 0.3) is 5.91 Å². The second-order valence-electron chi connectivity index (χ2n) is 8.12. The highest BCUT2D eigenvalue weighted by Crippen LogP contribution is 2.33. The summed E-state index contributed by atoms with van der Waals surface area (Å²) in [6.45, 7) is 2.81. The summed E-state index contributed by atoms with van der Waals surface area (Å²) < 4.78 is 16.6. The molecule has 3 rings (SSSR count). The van der Waals surface area contributed by atoms with E-state index in [1.807, 2.05) is 0 Å². The van der Waals surface area contributed by atoms with E-state index in [9.17, 15) is 14.9 Å². The summed E-state index contributed by atoms with van der Waals surface area (Å²) in [5.74, 6) is -0.285. The van der Waals surface area contributed by atoms with Gasteiger partial charge in [-0.25, -0.2) is 4.79 Å². The van der Waals surface area contributed by atoms with Crippen molar-refractivity contribution in [3.8, 4) is 11.8 Å². The molecule has 1 aromatic carbocycles. The number of hydrogen-bond acceptors (Lipinski definition) is 6. The number of benzene rings is 1. The monoisotopic (exact) mass is 414 g/mol. The molecule has 2 aliphatic rings. The summed E-state index contributed by atoms with van der Waals surface area (Å²) in [7, 11) is 1.63. The molecule has 30 heavy (non-hydrogen) atoms. The summed E-state index contributed by atoms with van der Waals surface area (Å²) in [4.78, 5) is 26.7. The average molecular weight is 415 g/mol. The van der Waals surface area contributed by atoms with Crippen LogP contribution in [-0.4, -0.2) is 54.8 Å². The van der Waals surface area contributed by atoms with Crippen LogP contribution in [0.15, 0.2) is 24.3 Å². The molecule has 7 heteroatoms. The molecule has 0 radical (unpaired) electrons. The average Bonchev–Trinajstić information content (AvgIpc) is 3.31. The zero-order chi connectivity index (χ0) is 21.6. The molecule has 1 saturated carbocycles. The van der Waals surface area contributed by atoms with Gasteiger partial charge in [-0.3, -0.25) is 4.79 Å². The molecule has 162 valence electrons. The van der Waals surface area contributed by atoms with Gasteiger partial charge in [-0.05, 0) is 56.9 Å². The smallest absolute Gasteiger partial charge is 0.338 e. The van der Waals surface area contributed by atoms with Crippen LogP contribution in [0.4, 0.5) is 0 Å². The summed E-state index contributed by atoms with van der Waals surface area (Å²) in [6.07, 6.45) is 5.42. The van der Waals surface area contributed by atoms with Crippen molar-refractivity contribution >= 4 is 11.9 Å². The molecule has 1 aliphatic carbocycles. The third-order valence-electron chi connectivity index (χ3n) is 6.04. The molecule has 0 N–H and O–H groups in total. The molecule has 1 aromatic rings. The summed E-state index contributed by atoms with van der Waals surface area (Å²) >= 11 is 0. The first-order chi connectivity index (χ1) is 14.4. The van der Waals surface area contributed by atoms with E-state index < -0.39 is 17.6 Å². The zero-order valence-corrected chi connectivity index (χ0v) is 17.8. The maximum Gasteiger partial charge on any atom is 0.338 e. The van der Waals surface area contributed by atoms with Gasteiger partial charge >= 0.3 is 5.97 Å². The molecule has 1 heterocycles. The second kappa shape index (κ2) is 9.94. The fourth-order valence-electron chi connectivity index (χ4n) is 4.07. The molecule has 7 nitrogen and oxygen atoms in total. The van der Waals surface area contributed by atoms with Crippen LogP contribution in [0.2, 0.25) is 0 Å². The van der Waals surface area contributed by atoms with Crippen molar-refractivity contribution in [1.82, 2.24) is 4.90 Å². The fourth-order valence-corrected chi connectivity index (χ4v) is 4.07. The molecule has 0 spiro atoms. The first-order valence-electron chi connectivity index (χ1n) is 10.7. The number of hydrogen-bond donors (Lipinski definition) is 0. The molecular formula is C23H30N2O5. The van der Waals surface area contributed by atoms with Gasteiger partial charge in [0.2, 0.25) is 0 Å². The first kappa shape index (κ1) is 22.1. The molecule has 2 atom stereocenters. The fraction of sp³-hybridized carbons (Fsp3) is 0.609. The third-order valence-corrected chi connectivity index (χ3v) is 6.04. The van der Waals surface area contributed by atoms with E-state index in [4.69, 9.17) is 14.2 Å². The predicted octanol–water partition coefficient (Wildman–Crippen LogP) is 3.47. The molecule has 2 fully saturated rings. The Kier molecular flexibility index (Phi) is 7.33. The van der Waals surface area contributed by atoms with E-state index in [1.165, 1.54) is 4.90 Å². The largest absolute Gasteiger partial charge is 0.491 e. The molecule has 0 unspecified atom stereocenters. The van der Waals surface area contributed by atoms with Gasteiger partial charge in [-0.15, -0.1) is 0 Å². The summed E-state index contributed by atoms with van der Waals surface area (Å²) in [6, 6.07) is 8.96. The van der Waals surface area contributed by atoms with Crippen LogP contribution in [0.25, 0.3) is 0 Å². The lowest BCUT2D eigenvalue weighted by Crippen LogP contribution is -2.53. The van der Waals surface area contributed by atoms with Crippen LogP contribution < -0.4 is 4.74 Å². The van der Waals surface area contributed by atoms with Crippen LogP contribution in [0.3, 0.4) is 0 Å². The number of amides is 1. The normalized spacial score (nSPS) is 21.3. The molecule has 0 bridgehead atoms. The van der Waals surface area contributed by atoms with Crippen LogP contribution in [0, 0.1) is 11.3 Å². The molecule has 1 amide bonds. The Balaban J connectivity index is 1.54. The van der Waals surface area contributed by atoms with Crippen molar-refractivity contribution in [3.63, 3.8) is 0 Å². The van der Waals surface area contributed by atoms with E-state index >= 15 is 0 Å². The van der Waals surface area contributed by atoms with Gasteiger partial charge in [0.05, 0.1) is 17.7 Å². The number of carbonyl (C=O) groups is 2. The van der Waals surface area contributed by atoms with Crippen molar-refractivity contribution in [3.05, 3.63) is 29.8 Å². The van der Waals surface area contributed by atoms with Gasteiger partial charge in [-0.2, -0.15) is 5.26 Å². The molecule has 1 saturated heterocycles. The van der Waals surface area contributed by atoms with Crippen molar-refractivity contribution in [2.45, 2.75) is 69.6 Å². The maximum atomic E-state index is 12.8. The summed E-state index contributed by atoms with van der Waals surface area (Å²) in [5, 5.41) is 9.67. The number of carbonyl (C=O) groups excluding carboxylic acids is 2. The van der Waals surface area contributed by atoms with Gasteiger partial charge in [-0.1, -0.05) is 19.3 Å². The van der Waals surface area contributed by atoms with E-state index in [-0.39, 0.29) is 12.0 Å². The quantitative estimate of drug-likeness (QED) is 0.635. The van der Waals surface area contributed by atoms with Crippen molar-refractivity contribution < 1.29 is 23.8 Å². The first-order valence-corrected chi connectivity index (χ1v) is 10.7. The Morgan fingerprint density at radius 1 is 1.23 bits per heavy atom. The molecule has 1 aliphatic heterocycles. The van der Waals surface area contributed by atoms with Crippen LogP contribution in [-0.2, 0) is 14.3 Å². The number of likely N-dealkylation sites (N-methyl/N-ethyl adjacent to an activating group) is 1. The van der Waals surface area contributed by atoms with Gasteiger partial charge in [0, 0.05) is 13.7 Å². The number of rotatable bonds is 7. The van der Waals surface area contributed by atoms with Gasteiger partial charge in [0.1, 0.15) is 17.9 Å². The van der Waals surface area contributed by atoms with E-state index in [0.717, 1.165) is 38.7 Å². The Labute approximate surface area is 177 Å². The van der Waals surface area contributed by atoms with Crippen molar-refractivity contribution in [2.24, 2.45) is 0 Å². The van der Waals surface area contributed by atoms with Crippen LogP contribution in [0.5, 0.6) is 5.75 Å². The van der Waals surface area contributed by atoms with Gasteiger partial charge < -0.3 is 19.1 Å². The van der Waals surface area contributed by atoms with E-state index in [2.05, 4.69) is 6.07 Å². The van der Waals surface area contributed by atoms with E-state index in [0.29, 0.717) is 30.8 Å². The van der Waals surface area contributed by atoms with Crippen molar-refractivity contribution in [2.75, 3.05) is 20.3 Å². The maximum absolute atomic E-state index is 12.8. The highest BCUT2D eigenvalue weighted by Gasteiger charge is 2.40. The van der Waals surface area contributed by atoms with Gasteiger partial charge in [0.15, 0.2) is 6.10 Å². The Bertz CT molecular complexity index is 774. The molecule has 0 aromatic heterocycles. The zero-order valence-electron chi connectivity index (χ0n) is 17.8. The number of nitrogens with zero attached hydrogens (tertiary/aromatic N) is 2. The lowest BCUT2D eigenvalue weighted by atomic mass is 9.81. The Hall–Kier alpha value is -2.59. The standard InChI is InChI=1S/C23H30N2O5/c1-17(21(26)25(2)23(16-24)12-4-3-5-13-23)30-22(27)18-8-10-19(11-9-18)29-15-20-7-6-14-28-20/h8-11,17,20H,3-7,12-15H2,1-2H3/t17-,20-/m0/s1. The highest BCUT2D eigenvalue weighted by molar-refractivity contribution is 5.92. The van der Waals surface area contributed by atoms with Crippen LogP contribution in [0.1, 0.15) is 62.2 Å². The van der Waals surface area contributed by atoms with Crippen LogP contribution >= 0.6 is 0 Å². The van der Waals surface area contributed by atoms with Crippen molar-refractivity contribution in [1.29, 1.82) is 5.26 Å². The highest BCUT2D eigenvalue weighted by atomic mass is 16.5. The Morgan fingerprint density at radius 2 is 1.93 bits per heavy atom. The predicted molar refractivity (Wildman–Crippen MR) is 110 cm³/mol. The Morgan fingerprint density at radius 3 is 2.53 bits per heavy atom. The lowest BCUT2D eigenvalue weighted by Gasteiger charge is -2.39. The number of esters is 1. The summed E-state index contributed by atoms with van der Waals surface area (Å²) in [5.41, 5.74) is -0.465. The topological polar surface area (TPSA) is 88.9 Å². The number of nitriles is 1. The van der Waals surface area contributed by atoms with E-state index in [1.54, 1.807) is 38.2 Å².